The van der Waals surface area contributed by atoms with E-state index in [0.29, 0.717) is 18.7 Å². The summed E-state index contributed by atoms with van der Waals surface area (Å²) in [4.78, 5) is 2.48. The maximum absolute atomic E-state index is 9.48. The van der Waals surface area contributed by atoms with E-state index in [1.54, 1.807) is 12.1 Å². The Morgan fingerprint density at radius 2 is 2.28 bits per heavy atom. The molecule has 18 heavy (non-hydrogen) atoms. The van der Waals surface area contributed by atoms with Crippen LogP contribution in [-0.4, -0.2) is 42.4 Å². The van der Waals surface area contributed by atoms with E-state index in [0.717, 1.165) is 31.9 Å². The molecule has 4 nitrogen and oxygen atoms in total. The third-order valence-electron chi connectivity index (χ3n) is 3.90. The fourth-order valence-corrected chi connectivity index (χ4v) is 2.89. The van der Waals surface area contributed by atoms with Crippen LogP contribution in [0.5, 0.6) is 11.5 Å². The van der Waals surface area contributed by atoms with Crippen molar-refractivity contribution >= 4 is 0 Å². The summed E-state index contributed by atoms with van der Waals surface area (Å²) in [5.41, 5.74) is 1.19. The normalized spacial score (nSPS) is 27.8. The molecular weight excluding hydrogens is 230 g/mol. The maximum atomic E-state index is 9.48. The zero-order chi connectivity index (χ0) is 12.5. The Morgan fingerprint density at radius 1 is 1.39 bits per heavy atom. The Bertz CT molecular complexity index is 435. The van der Waals surface area contributed by atoms with Crippen molar-refractivity contribution in [2.75, 3.05) is 26.4 Å². The van der Waals surface area contributed by atoms with Gasteiger partial charge in [-0.25, -0.2) is 0 Å². The minimum atomic E-state index is 0.267. The van der Waals surface area contributed by atoms with Gasteiger partial charge in [-0.3, -0.25) is 4.90 Å². The van der Waals surface area contributed by atoms with Gasteiger partial charge in [0.25, 0.3) is 0 Å². The van der Waals surface area contributed by atoms with Gasteiger partial charge in [0.05, 0.1) is 19.3 Å². The van der Waals surface area contributed by atoms with E-state index in [9.17, 15) is 5.11 Å². The van der Waals surface area contributed by atoms with Crippen LogP contribution in [0.2, 0.25) is 0 Å². The zero-order valence-corrected chi connectivity index (χ0v) is 10.6. The highest BCUT2D eigenvalue weighted by atomic mass is 16.5. The first kappa shape index (κ1) is 11.8. The Kier molecular flexibility index (Phi) is 3.14. The smallest absolute Gasteiger partial charge is 0.127 e. The van der Waals surface area contributed by atoms with Crippen molar-refractivity contribution in [2.45, 2.75) is 25.4 Å². The van der Waals surface area contributed by atoms with Crippen LogP contribution in [0.1, 0.15) is 24.9 Å². The van der Waals surface area contributed by atoms with E-state index in [2.05, 4.69) is 11.8 Å². The van der Waals surface area contributed by atoms with E-state index in [1.807, 2.05) is 6.07 Å². The molecule has 1 N–H and O–H groups in total. The quantitative estimate of drug-likeness (QED) is 0.869. The van der Waals surface area contributed by atoms with Crippen LogP contribution in [0.15, 0.2) is 18.2 Å². The highest BCUT2D eigenvalue weighted by molar-refractivity contribution is 5.44. The van der Waals surface area contributed by atoms with Gasteiger partial charge in [-0.2, -0.15) is 0 Å². The van der Waals surface area contributed by atoms with Crippen LogP contribution in [0.4, 0.5) is 0 Å². The lowest BCUT2D eigenvalue weighted by atomic mass is 10.0. The molecule has 1 aromatic rings. The number of aromatic hydroxyl groups is 1. The molecular formula is C14H19NO3. The largest absolute Gasteiger partial charge is 0.508 e. The molecule has 0 saturated carbocycles. The number of ether oxygens (including phenoxy) is 2. The first-order valence-corrected chi connectivity index (χ1v) is 6.58. The average Bonchev–Trinajstić information content (AvgIpc) is 2.81. The van der Waals surface area contributed by atoms with Crippen molar-refractivity contribution in [3.05, 3.63) is 23.8 Å². The van der Waals surface area contributed by atoms with Crippen LogP contribution in [0.3, 0.4) is 0 Å². The fraction of sp³-hybridized carbons (Fsp3) is 0.571. The van der Waals surface area contributed by atoms with E-state index >= 15 is 0 Å². The lowest BCUT2D eigenvalue weighted by Gasteiger charge is -2.38. The fourth-order valence-electron chi connectivity index (χ4n) is 2.89. The minimum absolute atomic E-state index is 0.267. The monoisotopic (exact) mass is 249 g/mol. The summed E-state index contributed by atoms with van der Waals surface area (Å²) in [7, 11) is 0. The second-order valence-corrected chi connectivity index (χ2v) is 4.92. The summed E-state index contributed by atoms with van der Waals surface area (Å²) in [5.74, 6) is 1.09. The molecule has 98 valence electrons. The maximum Gasteiger partial charge on any atom is 0.127 e. The molecule has 2 heterocycles. The van der Waals surface area contributed by atoms with Crippen LogP contribution in [0, 0.1) is 0 Å². The summed E-state index contributed by atoms with van der Waals surface area (Å²) in [6.45, 7) is 5.42. The zero-order valence-electron chi connectivity index (χ0n) is 10.6. The number of hydrogen-bond donors (Lipinski definition) is 1. The summed E-state index contributed by atoms with van der Waals surface area (Å²) in [5, 5.41) is 9.48. The Hall–Kier alpha value is -1.26. The molecule has 0 aliphatic carbocycles. The van der Waals surface area contributed by atoms with Crippen LogP contribution in [0.25, 0.3) is 0 Å². The van der Waals surface area contributed by atoms with E-state index < -0.39 is 0 Å². The first-order chi connectivity index (χ1) is 8.79. The predicted octanol–water partition coefficient (Wildman–Crippen LogP) is 1.94. The van der Waals surface area contributed by atoms with Gasteiger partial charge in [-0.05, 0) is 18.6 Å². The number of morpholine rings is 1. The molecule has 0 radical (unpaired) electrons. The number of phenolic OH excluding ortho intramolecular Hbond substituents is 1. The third kappa shape index (κ3) is 1.95. The molecule has 0 aromatic heterocycles. The Balaban J connectivity index is 1.86. The Morgan fingerprint density at radius 3 is 3.11 bits per heavy atom. The highest BCUT2D eigenvalue weighted by Crippen LogP contribution is 2.39. The lowest BCUT2D eigenvalue weighted by Crippen LogP contribution is -2.47. The van der Waals surface area contributed by atoms with Gasteiger partial charge < -0.3 is 14.6 Å². The molecule has 2 unspecified atom stereocenters. The summed E-state index contributed by atoms with van der Waals surface area (Å²) < 4.78 is 11.2. The molecule has 0 bridgehead atoms. The third-order valence-corrected chi connectivity index (χ3v) is 3.90. The molecule has 1 saturated heterocycles. The molecule has 3 rings (SSSR count). The van der Waals surface area contributed by atoms with Gasteiger partial charge >= 0.3 is 0 Å². The molecule has 2 aliphatic heterocycles. The van der Waals surface area contributed by atoms with Crippen LogP contribution >= 0.6 is 0 Å². The van der Waals surface area contributed by atoms with E-state index in [1.165, 1.54) is 5.56 Å². The molecule has 1 fully saturated rings. The number of phenols is 1. The average molecular weight is 249 g/mol. The Labute approximate surface area is 107 Å². The van der Waals surface area contributed by atoms with Crippen molar-refractivity contribution < 1.29 is 14.6 Å². The van der Waals surface area contributed by atoms with Gasteiger partial charge in [0.2, 0.25) is 0 Å². The SMILES string of the molecule is CCC1COCCN1C1COc2cc(O)ccc21. The van der Waals surface area contributed by atoms with Gasteiger partial charge in [-0.1, -0.05) is 6.92 Å². The van der Waals surface area contributed by atoms with Gasteiger partial charge in [0, 0.05) is 24.2 Å². The number of rotatable bonds is 2. The van der Waals surface area contributed by atoms with Crippen LogP contribution < -0.4 is 4.74 Å². The van der Waals surface area contributed by atoms with E-state index in [4.69, 9.17) is 9.47 Å². The minimum Gasteiger partial charge on any atom is -0.508 e. The number of hydrogen-bond acceptors (Lipinski definition) is 4. The summed E-state index contributed by atoms with van der Waals surface area (Å²) in [6, 6.07) is 6.19. The van der Waals surface area contributed by atoms with Crippen molar-refractivity contribution in [3.8, 4) is 11.5 Å². The second kappa shape index (κ2) is 4.78. The number of benzene rings is 1. The van der Waals surface area contributed by atoms with Crippen molar-refractivity contribution in [1.82, 2.24) is 4.90 Å². The van der Waals surface area contributed by atoms with E-state index in [-0.39, 0.29) is 5.75 Å². The summed E-state index contributed by atoms with van der Waals surface area (Å²) in [6.07, 6.45) is 1.09. The molecule has 1 aromatic carbocycles. The molecule has 0 amide bonds. The predicted molar refractivity (Wildman–Crippen MR) is 67.9 cm³/mol. The van der Waals surface area contributed by atoms with Crippen LogP contribution in [-0.2, 0) is 4.74 Å². The van der Waals surface area contributed by atoms with Crippen molar-refractivity contribution in [3.63, 3.8) is 0 Å². The number of nitrogens with zero attached hydrogens (tertiary/aromatic N) is 1. The summed E-state index contributed by atoms with van der Waals surface area (Å²) >= 11 is 0. The van der Waals surface area contributed by atoms with Gasteiger partial charge in [-0.15, -0.1) is 0 Å². The second-order valence-electron chi connectivity index (χ2n) is 4.92. The van der Waals surface area contributed by atoms with Crippen molar-refractivity contribution in [2.24, 2.45) is 0 Å². The molecule has 2 aliphatic rings. The molecule has 4 heteroatoms. The lowest BCUT2D eigenvalue weighted by molar-refractivity contribution is -0.0338. The topological polar surface area (TPSA) is 41.9 Å². The molecule has 2 atom stereocenters. The number of fused-ring (bicyclic) bond motifs is 1. The van der Waals surface area contributed by atoms with Gasteiger partial charge in [0.15, 0.2) is 0 Å². The first-order valence-electron chi connectivity index (χ1n) is 6.58. The van der Waals surface area contributed by atoms with Crippen molar-refractivity contribution in [1.29, 1.82) is 0 Å². The molecule has 0 spiro atoms. The highest BCUT2D eigenvalue weighted by Gasteiger charge is 2.34. The standard InChI is InChI=1S/C14H19NO3/c1-2-10-8-17-6-5-15(10)13-9-18-14-7-11(16)3-4-12(13)14/h3-4,7,10,13,16H,2,5-6,8-9H2,1H3. The van der Waals surface area contributed by atoms with Gasteiger partial charge in [0.1, 0.15) is 18.1 Å².